The van der Waals surface area contributed by atoms with Gasteiger partial charge in [-0.2, -0.15) is 5.26 Å². The minimum atomic E-state index is 0.372. The zero-order chi connectivity index (χ0) is 11.6. The van der Waals surface area contributed by atoms with Crippen molar-refractivity contribution < 1.29 is 0 Å². The number of nitrogens with two attached hydrogens (primary N) is 1. The van der Waals surface area contributed by atoms with E-state index < -0.39 is 0 Å². The SMILES string of the molecule is CC1(CNc2nccc(C#N)c2N)CCC1. The molecular formula is C12H16N4. The standard InChI is InChI=1S/C12H16N4/c1-12(4-2-5-12)8-16-11-10(14)9(7-13)3-6-15-11/h3,6H,2,4-5,8,14H2,1H3,(H,15,16). The highest BCUT2D eigenvalue weighted by Crippen LogP contribution is 2.40. The van der Waals surface area contributed by atoms with Crippen molar-refractivity contribution >= 4 is 11.5 Å². The monoisotopic (exact) mass is 216 g/mol. The average molecular weight is 216 g/mol. The van der Waals surface area contributed by atoms with Crippen LogP contribution >= 0.6 is 0 Å². The van der Waals surface area contributed by atoms with Gasteiger partial charge in [-0.25, -0.2) is 4.98 Å². The second-order valence-electron chi connectivity index (χ2n) is 4.75. The smallest absolute Gasteiger partial charge is 0.150 e. The van der Waals surface area contributed by atoms with Crippen molar-refractivity contribution in [2.75, 3.05) is 17.6 Å². The van der Waals surface area contributed by atoms with Crippen molar-refractivity contribution in [3.8, 4) is 6.07 Å². The predicted octanol–water partition coefficient (Wildman–Crippen LogP) is 2.14. The number of nitriles is 1. The van der Waals surface area contributed by atoms with E-state index in [9.17, 15) is 0 Å². The molecule has 0 atom stereocenters. The molecule has 0 aromatic carbocycles. The Bertz CT molecular complexity index is 429. The van der Waals surface area contributed by atoms with Crippen molar-refractivity contribution in [3.63, 3.8) is 0 Å². The van der Waals surface area contributed by atoms with Gasteiger partial charge in [-0.1, -0.05) is 13.3 Å². The summed E-state index contributed by atoms with van der Waals surface area (Å²) < 4.78 is 0. The summed E-state index contributed by atoms with van der Waals surface area (Å²) in [5, 5.41) is 12.1. The van der Waals surface area contributed by atoms with Crippen LogP contribution in [-0.4, -0.2) is 11.5 Å². The van der Waals surface area contributed by atoms with E-state index in [1.54, 1.807) is 12.3 Å². The van der Waals surface area contributed by atoms with Crippen LogP contribution in [0.5, 0.6) is 0 Å². The Balaban J connectivity index is 2.07. The van der Waals surface area contributed by atoms with E-state index in [0.717, 1.165) is 6.54 Å². The number of rotatable bonds is 3. The summed E-state index contributed by atoms with van der Waals surface area (Å²) in [4.78, 5) is 4.16. The molecule has 1 aliphatic rings. The van der Waals surface area contributed by atoms with Crippen LogP contribution in [0.4, 0.5) is 11.5 Å². The molecule has 0 saturated heterocycles. The molecule has 1 aromatic heterocycles. The van der Waals surface area contributed by atoms with Crippen molar-refractivity contribution in [2.24, 2.45) is 5.41 Å². The molecule has 4 heteroatoms. The maximum Gasteiger partial charge on any atom is 0.150 e. The molecule has 1 aromatic rings. The molecule has 3 N–H and O–H groups in total. The maximum atomic E-state index is 8.84. The number of aromatic nitrogens is 1. The Morgan fingerprint density at radius 2 is 2.38 bits per heavy atom. The molecular weight excluding hydrogens is 200 g/mol. The summed E-state index contributed by atoms with van der Waals surface area (Å²) in [5.74, 6) is 0.632. The first kappa shape index (κ1) is 10.7. The molecule has 0 amide bonds. The van der Waals surface area contributed by atoms with E-state index in [-0.39, 0.29) is 0 Å². The van der Waals surface area contributed by atoms with Gasteiger partial charge in [0.1, 0.15) is 6.07 Å². The molecule has 0 bridgehead atoms. The summed E-state index contributed by atoms with van der Waals surface area (Å²) in [6, 6.07) is 3.69. The van der Waals surface area contributed by atoms with Gasteiger partial charge in [0.2, 0.25) is 0 Å². The Morgan fingerprint density at radius 3 is 2.94 bits per heavy atom. The van der Waals surface area contributed by atoms with E-state index in [0.29, 0.717) is 22.5 Å². The van der Waals surface area contributed by atoms with Crippen LogP contribution in [0.1, 0.15) is 31.7 Å². The zero-order valence-corrected chi connectivity index (χ0v) is 9.45. The molecule has 84 valence electrons. The highest BCUT2D eigenvalue weighted by molar-refractivity contribution is 5.68. The predicted molar refractivity (Wildman–Crippen MR) is 63.8 cm³/mol. The second-order valence-corrected chi connectivity index (χ2v) is 4.75. The first-order chi connectivity index (χ1) is 7.64. The number of nitrogens with one attached hydrogen (secondary N) is 1. The van der Waals surface area contributed by atoms with Crippen LogP contribution in [0.25, 0.3) is 0 Å². The zero-order valence-electron chi connectivity index (χ0n) is 9.45. The third-order valence-electron chi connectivity index (χ3n) is 3.35. The fourth-order valence-corrected chi connectivity index (χ4v) is 1.97. The van der Waals surface area contributed by atoms with Gasteiger partial charge >= 0.3 is 0 Å². The lowest BCUT2D eigenvalue weighted by Gasteiger charge is -2.38. The van der Waals surface area contributed by atoms with Crippen molar-refractivity contribution in [2.45, 2.75) is 26.2 Å². The number of pyridine rings is 1. The molecule has 1 fully saturated rings. The van der Waals surface area contributed by atoms with Gasteiger partial charge in [0.25, 0.3) is 0 Å². The first-order valence-electron chi connectivity index (χ1n) is 5.53. The van der Waals surface area contributed by atoms with E-state index in [1.165, 1.54) is 19.3 Å². The van der Waals surface area contributed by atoms with Crippen molar-refractivity contribution in [3.05, 3.63) is 17.8 Å². The van der Waals surface area contributed by atoms with Crippen LogP contribution in [-0.2, 0) is 0 Å². The molecule has 4 nitrogen and oxygen atoms in total. The molecule has 1 aliphatic carbocycles. The number of anilines is 2. The number of hydrogen-bond acceptors (Lipinski definition) is 4. The summed E-state index contributed by atoms with van der Waals surface area (Å²) in [6.07, 6.45) is 5.41. The summed E-state index contributed by atoms with van der Waals surface area (Å²) >= 11 is 0. The lowest BCUT2D eigenvalue weighted by Crippen LogP contribution is -2.33. The minimum Gasteiger partial charge on any atom is -0.395 e. The van der Waals surface area contributed by atoms with Crippen LogP contribution in [0.3, 0.4) is 0 Å². The summed E-state index contributed by atoms with van der Waals surface area (Å²) in [6.45, 7) is 3.13. The van der Waals surface area contributed by atoms with E-state index in [1.807, 2.05) is 0 Å². The molecule has 0 unspecified atom stereocenters. The molecule has 1 heterocycles. The summed E-state index contributed by atoms with van der Waals surface area (Å²) in [7, 11) is 0. The second kappa shape index (κ2) is 4.01. The normalized spacial score (nSPS) is 17.2. The van der Waals surface area contributed by atoms with Gasteiger partial charge in [0.05, 0.1) is 11.3 Å². The van der Waals surface area contributed by atoms with E-state index >= 15 is 0 Å². The fourth-order valence-electron chi connectivity index (χ4n) is 1.97. The topological polar surface area (TPSA) is 74.7 Å². The van der Waals surface area contributed by atoms with Gasteiger partial charge < -0.3 is 11.1 Å². The number of nitrogen functional groups attached to an aromatic ring is 1. The van der Waals surface area contributed by atoms with Crippen LogP contribution in [0, 0.1) is 16.7 Å². The van der Waals surface area contributed by atoms with Crippen LogP contribution < -0.4 is 11.1 Å². The number of nitrogens with zero attached hydrogens (tertiary/aromatic N) is 2. The molecule has 0 radical (unpaired) electrons. The third kappa shape index (κ3) is 1.94. The maximum absolute atomic E-state index is 8.84. The van der Waals surface area contributed by atoms with Crippen LogP contribution in [0.2, 0.25) is 0 Å². The highest BCUT2D eigenvalue weighted by Gasteiger charge is 2.31. The molecule has 2 rings (SSSR count). The largest absolute Gasteiger partial charge is 0.395 e. The van der Waals surface area contributed by atoms with Crippen LogP contribution in [0.15, 0.2) is 12.3 Å². The van der Waals surface area contributed by atoms with Gasteiger partial charge in [-0.3, -0.25) is 0 Å². The lowest BCUT2D eigenvalue weighted by atomic mass is 9.70. The van der Waals surface area contributed by atoms with E-state index in [2.05, 4.69) is 23.3 Å². The Labute approximate surface area is 95.5 Å². The Kier molecular flexibility index (Phi) is 2.69. The molecule has 16 heavy (non-hydrogen) atoms. The van der Waals surface area contributed by atoms with E-state index in [4.69, 9.17) is 11.0 Å². The van der Waals surface area contributed by atoms with Gasteiger partial charge in [-0.15, -0.1) is 0 Å². The number of hydrogen-bond donors (Lipinski definition) is 2. The third-order valence-corrected chi connectivity index (χ3v) is 3.35. The van der Waals surface area contributed by atoms with Crippen molar-refractivity contribution in [1.29, 1.82) is 5.26 Å². The van der Waals surface area contributed by atoms with Gasteiger partial charge in [-0.05, 0) is 24.3 Å². The van der Waals surface area contributed by atoms with Crippen molar-refractivity contribution in [1.82, 2.24) is 4.98 Å². The first-order valence-corrected chi connectivity index (χ1v) is 5.53. The highest BCUT2D eigenvalue weighted by atomic mass is 15.0. The summed E-state index contributed by atoms with van der Waals surface area (Å²) in [5.41, 5.74) is 7.14. The minimum absolute atomic E-state index is 0.372. The van der Waals surface area contributed by atoms with Gasteiger partial charge in [0.15, 0.2) is 5.82 Å². The Hall–Kier alpha value is -1.76. The lowest BCUT2D eigenvalue weighted by molar-refractivity contribution is 0.180. The fraction of sp³-hybridized carbons (Fsp3) is 0.500. The molecule has 1 saturated carbocycles. The van der Waals surface area contributed by atoms with Gasteiger partial charge in [0, 0.05) is 12.7 Å². The molecule has 0 aliphatic heterocycles. The quantitative estimate of drug-likeness (QED) is 0.811. The average Bonchev–Trinajstić information content (AvgIpc) is 2.25. The Morgan fingerprint density at radius 1 is 1.62 bits per heavy atom. The molecule has 0 spiro atoms.